The largest absolute Gasteiger partial charge is 0.490 e. The highest BCUT2D eigenvalue weighted by molar-refractivity contribution is 6.78. The van der Waals surface area contributed by atoms with Crippen molar-refractivity contribution in [1.82, 2.24) is 0 Å². The first-order valence-corrected chi connectivity index (χ1v) is 25.6. The smallest absolute Gasteiger partial charge is 0.201 e. The fourth-order valence-corrected chi connectivity index (χ4v) is 26.3. The lowest BCUT2D eigenvalue weighted by Crippen LogP contribution is -2.61. The molecule has 7 heteroatoms. The predicted octanol–water partition coefficient (Wildman–Crippen LogP) is 13.4. The predicted molar refractivity (Wildman–Crippen MR) is 210 cm³/mol. The maximum absolute atomic E-state index is 7.82. The first kappa shape index (κ1) is 44.1. The van der Waals surface area contributed by atoms with E-state index in [4.69, 9.17) is 18.0 Å². The van der Waals surface area contributed by atoms with Crippen molar-refractivity contribution >= 4 is 25.0 Å². The van der Waals surface area contributed by atoms with E-state index in [0.717, 1.165) is 18.6 Å². The number of hydrogen-bond donors (Lipinski definition) is 0. The fraction of sp³-hybridized carbons (Fsp3) is 0.949. The zero-order chi connectivity index (χ0) is 36.2. The van der Waals surface area contributed by atoms with Crippen molar-refractivity contribution in [3.8, 4) is 0 Å². The van der Waals surface area contributed by atoms with E-state index in [0.29, 0.717) is 56.5 Å². The van der Waals surface area contributed by atoms with Gasteiger partial charge < -0.3 is 18.0 Å². The van der Waals surface area contributed by atoms with Crippen LogP contribution in [0.15, 0.2) is 11.8 Å². The van der Waals surface area contributed by atoms with Gasteiger partial charge in [-0.25, -0.2) is 0 Å². The molecular formula is C39H82O4Si3. The van der Waals surface area contributed by atoms with Gasteiger partial charge in [0.1, 0.15) is 12.2 Å². The molecule has 0 N–H and O–H groups in total. The molecule has 1 aliphatic rings. The molecule has 0 aliphatic carbocycles. The summed E-state index contributed by atoms with van der Waals surface area (Å²) < 4.78 is 30.1. The lowest BCUT2D eigenvalue weighted by atomic mass is 9.89. The van der Waals surface area contributed by atoms with E-state index in [1.807, 2.05) is 0 Å². The van der Waals surface area contributed by atoms with Crippen molar-refractivity contribution in [2.24, 2.45) is 5.41 Å². The molecule has 46 heavy (non-hydrogen) atoms. The first-order valence-electron chi connectivity index (χ1n) is 19.2. The van der Waals surface area contributed by atoms with Gasteiger partial charge in [0.05, 0.1) is 18.5 Å². The van der Waals surface area contributed by atoms with Gasteiger partial charge >= 0.3 is 0 Å². The third-order valence-corrected chi connectivity index (χ3v) is 30.0. The van der Waals surface area contributed by atoms with Gasteiger partial charge in [0, 0.05) is 6.42 Å². The molecular weight excluding hydrogens is 617 g/mol. The minimum absolute atomic E-state index is 0.146. The van der Waals surface area contributed by atoms with Gasteiger partial charge in [0.15, 0.2) is 0 Å². The molecule has 0 aromatic heterocycles. The molecule has 4 nitrogen and oxygen atoms in total. The van der Waals surface area contributed by atoms with E-state index in [9.17, 15) is 0 Å². The van der Waals surface area contributed by atoms with Crippen LogP contribution in [0, 0.1) is 5.41 Å². The Balaban J connectivity index is 4.03. The summed E-state index contributed by atoms with van der Waals surface area (Å²) >= 11 is 0. The number of rotatable bonds is 18. The topological polar surface area (TPSA) is 36.9 Å². The van der Waals surface area contributed by atoms with Crippen molar-refractivity contribution in [2.45, 2.75) is 226 Å². The van der Waals surface area contributed by atoms with Crippen LogP contribution in [-0.4, -0.2) is 49.9 Å². The van der Waals surface area contributed by atoms with E-state index in [-0.39, 0.29) is 23.7 Å². The van der Waals surface area contributed by atoms with Crippen molar-refractivity contribution in [3.63, 3.8) is 0 Å². The van der Waals surface area contributed by atoms with E-state index < -0.39 is 25.0 Å². The second-order valence-corrected chi connectivity index (χ2v) is 35.1. The number of allylic oxidation sites excluding steroid dienone is 1. The SMILES string of the molecule is CC(C)[Si](OC[C@H]1OC(CCC(C)(C)C)=C[C@@H](O[Si](C(C)C)(C(C)C)C(C)C)[C@@H]1O[Si](C(C)C)(C(C)C)C(C)C)(C(C)C)C(C)C. The Morgan fingerprint density at radius 1 is 0.565 bits per heavy atom. The quantitative estimate of drug-likeness (QED) is 0.134. The van der Waals surface area contributed by atoms with Gasteiger partial charge in [-0.15, -0.1) is 0 Å². The molecule has 0 bridgehead atoms. The molecule has 274 valence electrons. The Morgan fingerprint density at radius 3 is 1.24 bits per heavy atom. The maximum Gasteiger partial charge on any atom is 0.201 e. The van der Waals surface area contributed by atoms with Crippen LogP contribution in [0.1, 0.15) is 158 Å². The Kier molecular flexibility index (Phi) is 16.6. The zero-order valence-electron chi connectivity index (χ0n) is 34.8. The lowest BCUT2D eigenvalue weighted by Gasteiger charge is -2.52. The summed E-state index contributed by atoms with van der Waals surface area (Å²) in [5, 5.41) is 0. The van der Waals surface area contributed by atoms with Crippen molar-refractivity contribution in [3.05, 3.63) is 11.8 Å². The van der Waals surface area contributed by atoms with Gasteiger partial charge in [-0.2, -0.15) is 0 Å². The summed E-state index contributed by atoms with van der Waals surface area (Å²) in [5.41, 5.74) is 4.63. The minimum Gasteiger partial charge on any atom is -0.490 e. The van der Waals surface area contributed by atoms with Gasteiger partial charge in [-0.05, 0) is 67.8 Å². The normalized spacial score (nSPS) is 20.9. The van der Waals surface area contributed by atoms with Crippen LogP contribution >= 0.6 is 0 Å². The number of ether oxygens (including phenoxy) is 1. The van der Waals surface area contributed by atoms with Crippen LogP contribution in [0.3, 0.4) is 0 Å². The van der Waals surface area contributed by atoms with E-state index >= 15 is 0 Å². The van der Waals surface area contributed by atoms with E-state index in [1.54, 1.807) is 0 Å². The van der Waals surface area contributed by atoms with Crippen LogP contribution in [0.5, 0.6) is 0 Å². The average molecular weight is 699 g/mol. The third-order valence-electron chi connectivity index (χ3n) is 11.8. The molecule has 0 amide bonds. The summed E-state index contributed by atoms with van der Waals surface area (Å²) in [6.45, 7) is 50.6. The van der Waals surface area contributed by atoms with E-state index in [2.05, 4.69) is 151 Å². The van der Waals surface area contributed by atoms with Crippen LogP contribution in [0.4, 0.5) is 0 Å². The summed E-state index contributed by atoms with van der Waals surface area (Å²) in [6.07, 6.45) is 3.80. The molecule has 0 unspecified atom stereocenters. The van der Waals surface area contributed by atoms with Crippen molar-refractivity contribution in [2.75, 3.05) is 6.61 Å². The fourth-order valence-electron chi connectivity index (χ4n) is 9.82. The molecule has 0 saturated carbocycles. The molecule has 0 radical (unpaired) electrons. The standard InChI is InChI=1S/C39H82O4Si3/c1-26(2)44(27(3)4,28(5)6)40-25-37-38(43-46(32(13)14,33(15)16)34(17)18)36(24-35(41-37)22-23-39(19,20)21)42-45(29(7)8,30(9)10)31(11)12/h24,26-34,36-38H,22-23,25H2,1-21H3/t36-,37-,38+/m1/s1. The highest BCUT2D eigenvalue weighted by Gasteiger charge is 2.54. The highest BCUT2D eigenvalue weighted by atomic mass is 28.4. The summed E-state index contributed by atoms with van der Waals surface area (Å²) in [5.74, 6) is 1.07. The molecule has 3 atom stereocenters. The molecule has 1 aliphatic heterocycles. The van der Waals surface area contributed by atoms with Gasteiger partial charge in [0.25, 0.3) is 0 Å². The van der Waals surface area contributed by atoms with Crippen LogP contribution in [0.2, 0.25) is 49.9 Å². The van der Waals surface area contributed by atoms with Crippen molar-refractivity contribution < 1.29 is 18.0 Å². The second kappa shape index (κ2) is 17.3. The molecule has 0 aromatic carbocycles. The molecule has 0 spiro atoms. The lowest BCUT2D eigenvalue weighted by molar-refractivity contribution is -0.0834. The highest BCUT2D eigenvalue weighted by Crippen LogP contribution is 2.49. The van der Waals surface area contributed by atoms with E-state index in [1.165, 1.54) is 0 Å². The van der Waals surface area contributed by atoms with Gasteiger partial charge in [-0.3, -0.25) is 0 Å². The Labute approximate surface area is 292 Å². The average Bonchev–Trinajstić information content (AvgIpc) is 2.87. The minimum atomic E-state index is -2.28. The summed E-state index contributed by atoms with van der Waals surface area (Å²) in [6, 6.07) is 0. The van der Waals surface area contributed by atoms with Gasteiger partial charge in [-0.1, -0.05) is 145 Å². The third kappa shape index (κ3) is 9.64. The second-order valence-electron chi connectivity index (χ2n) is 18.8. The Morgan fingerprint density at radius 2 is 0.913 bits per heavy atom. The molecule has 1 rings (SSSR count). The van der Waals surface area contributed by atoms with Crippen LogP contribution < -0.4 is 0 Å². The molecule has 1 heterocycles. The number of hydrogen-bond acceptors (Lipinski definition) is 4. The summed E-state index contributed by atoms with van der Waals surface area (Å²) in [7, 11) is -6.66. The van der Waals surface area contributed by atoms with Gasteiger partial charge in [0.2, 0.25) is 25.0 Å². The zero-order valence-corrected chi connectivity index (χ0v) is 37.8. The molecule has 0 aromatic rings. The first-order chi connectivity index (χ1) is 20.8. The monoisotopic (exact) mass is 699 g/mol. The maximum atomic E-state index is 7.82. The van der Waals surface area contributed by atoms with Crippen LogP contribution in [0.25, 0.3) is 0 Å². The summed E-state index contributed by atoms with van der Waals surface area (Å²) in [4.78, 5) is 0. The van der Waals surface area contributed by atoms with Crippen LogP contribution in [-0.2, 0) is 18.0 Å². The molecule has 0 saturated heterocycles. The van der Waals surface area contributed by atoms with Crippen molar-refractivity contribution in [1.29, 1.82) is 0 Å². The molecule has 0 fully saturated rings. The Bertz CT molecular complexity index is 865. The Hall–Kier alpha value is 0.0706.